The molecule has 0 heterocycles. The van der Waals surface area contributed by atoms with Crippen LogP contribution in [0.3, 0.4) is 0 Å². The Morgan fingerprint density at radius 1 is 1.10 bits per heavy atom. The number of rotatable bonds is 7. The molecular weight excluding hydrogens is 525 g/mol. The number of nitrogens with zero attached hydrogens (tertiary/aromatic N) is 2. The monoisotopic (exact) mass is 545 g/mol. The van der Waals surface area contributed by atoms with Gasteiger partial charge < -0.3 is 15.2 Å². The fraction of sp³-hybridized carbons (Fsp3) is 0.0870. The zero-order valence-corrected chi connectivity index (χ0v) is 19.7. The molecule has 0 fully saturated rings. The molecule has 0 amide bonds. The smallest absolute Gasteiger partial charge is 0.343 e. The maximum atomic E-state index is 12.4. The number of carbonyl (C=O) groups is 1. The molecule has 0 aromatic heterocycles. The van der Waals surface area contributed by atoms with Crippen LogP contribution in [0.1, 0.15) is 21.5 Å². The summed E-state index contributed by atoms with van der Waals surface area (Å²) in [7, 11) is 1.52. The first-order valence-electron chi connectivity index (χ1n) is 9.25. The van der Waals surface area contributed by atoms with E-state index >= 15 is 0 Å². The highest BCUT2D eigenvalue weighted by molar-refractivity contribution is 14.1. The molecule has 8 heteroatoms. The Morgan fingerprint density at radius 2 is 1.77 bits per heavy atom. The molecule has 31 heavy (non-hydrogen) atoms. The van der Waals surface area contributed by atoms with E-state index in [-0.39, 0.29) is 0 Å². The molecule has 3 rings (SSSR count). The Morgan fingerprint density at radius 3 is 2.45 bits per heavy atom. The summed E-state index contributed by atoms with van der Waals surface area (Å²) in [6, 6.07) is 22.3. The Bertz CT molecular complexity index is 1090. The zero-order valence-electron chi connectivity index (χ0n) is 16.7. The first kappa shape index (κ1) is 22.8. The lowest BCUT2D eigenvalue weighted by atomic mass is 10.2. The molecule has 0 bridgehead atoms. The highest BCUT2D eigenvalue weighted by Gasteiger charge is 2.16. The molecule has 0 saturated carbocycles. The van der Waals surface area contributed by atoms with Crippen molar-refractivity contribution in [3.05, 3.63) is 93.1 Å². The molecule has 6 nitrogen and oxygen atoms in total. The van der Waals surface area contributed by atoms with E-state index < -0.39 is 5.97 Å². The minimum absolute atomic E-state index is 0.357. The number of ether oxygens (including phenoxy) is 2. The lowest BCUT2D eigenvalue weighted by Gasteiger charge is -2.12. The predicted molar refractivity (Wildman–Crippen MR) is 134 cm³/mol. The molecule has 0 atom stereocenters. The van der Waals surface area contributed by atoms with Gasteiger partial charge in [0.05, 0.1) is 22.5 Å². The molecule has 158 valence electrons. The van der Waals surface area contributed by atoms with E-state index in [1.54, 1.807) is 36.5 Å². The second kappa shape index (κ2) is 11.5. The third-order valence-corrected chi connectivity index (χ3v) is 5.71. The number of amidine groups is 1. The van der Waals surface area contributed by atoms with Crippen LogP contribution in [-0.4, -0.2) is 24.5 Å². The Balaban J connectivity index is 1.68. The molecule has 0 radical (unpaired) electrons. The van der Waals surface area contributed by atoms with E-state index in [1.165, 1.54) is 18.9 Å². The van der Waals surface area contributed by atoms with Crippen LogP contribution in [0.2, 0.25) is 0 Å². The molecule has 0 spiro atoms. The number of methoxy groups -OCH3 is 1. The van der Waals surface area contributed by atoms with Crippen LogP contribution < -0.4 is 15.2 Å². The van der Waals surface area contributed by atoms with Crippen molar-refractivity contribution in [1.82, 2.24) is 0 Å². The summed E-state index contributed by atoms with van der Waals surface area (Å²) < 4.78 is 11.7. The van der Waals surface area contributed by atoms with Gasteiger partial charge in [-0.2, -0.15) is 5.10 Å². The number of hydrogen-bond donors (Lipinski definition) is 1. The summed E-state index contributed by atoms with van der Waals surface area (Å²) in [6.07, 6.45) is 1.57. The standard InChI is InChI=1S/C23H20IN3O3S/c1-29-20-13-17(14-26-27-23(25)31-15-16-8-4-2-5-9-16)12-19(24)21(20)30-22(28)18-10-6-3-7-11-18/h2-14H,15H2,1H3,(H2,25,27). The van der Waals surface area contributed by atoms with E-state index in [0.29, 0.717) is 25.8 Å². The Labute approximate surface area is 198 Å². The third kappa shape index (κ3) is 6.83. The van der Waals surface area contributed by atoms with Crippen molar-refractivity contribution in [2.75, 3.05) is 7.11 Å². The average Bonchev–Trinajstić information content (AvgIpc) is 2.80. The van der Waals surface area contributed by atoms with Gasteiger partial charge in [-0.25, -0.2) is 4.79 Å². The molecule has 3 aromatic rings. The second-order valence-electron chi connectivity index (χ2n) is 6.25. The van der Waals surface area contributed by atoms with Crippen LogP contribution in [0.25, 0.3) is 0 Å². The number of esters is 1. The first-order valence-corrected chi connectivity index (χ1v) is 11.3. The summed E-state index contributed by atoms with van der Waals surface area (Å²) in [6.45, 7) is 0. The summed E-state index contributed by atoms with van der Waals surface area (Å²) >= 11 is 3.50. The molecule has 0 aliphatic rings. The normalized spacial score (nSPS) is 11.5. The average molecular weight is 545 g/mol. The molecule has 2 N–H and O–H groups in total. The lowest BCUT2D eigenvalue weighted by molar-refractivity contribution is 0.0728. The van der Waals surface area contributed by atoms with Crippen LogP contribution in [0, 0.1) is 3.57 Å². The summed E-state index contributed by atoms with van der Waals surface area (Å²) in [5, 5.41) is 8.46. The largest absolute Gasteiger partial charge is 0.493 e. The molecule has 0 saturated heterocycles. The van der Waals surface area contributed by atoms with Crippen LogP contribution in [-0.2, 0) is 5.75 Å². The molecular formula is C23H20IN3O3S. The van der Waals surface area contributed by atoms with Gasteiger partial charge in [0.25, 0.3) is 0 Å². The zero-order chi connectivity index (χ0) is 22.1. The minimum Gasteiger partial charge on any atom is -0.493 e. The van der Waals surface area contributed by atoms with Gasteiger partial charge in [-0.1, -0.05) is 60.3 Å². The molecule has 3 aromatic carbocycles. The topological polar surface area (TPSA) is 86.3 Å². The van der Waals surface area contributed by atoms with Crippen LogP contribution in [0.4, 0.5) is 0 Å². The minimum atomic E-state index is -0.453. The predicted octanol–water partition coefficient (Wildman–Crippen LogP) is 5.10. The third-order valence-electron chi connectivity index (χ3n) is 4.05. The fourth-order valence-electron chi connectivity index (χ4n) is 2.55. The van der Waals surface area contributed by atoms with E-state index in [4.69, 9.17) is 15.2 Å². The number of benzene rings is 3. The Kier molecular flexibility index (Phi) is 8.48. The number of thioether (sulfide) groups is 1. The van der Waals surface area contributed by atoms with Crippen LogP contribution >= 0.6 is 34.4 Å². The van der Waals surface area contributed by atoms with Gasteiger partial charge in [-0.15, -0.1) is 5.10 Å². The fourth-order valence-corrected chi connectivity index (χ4v) is 3.90. The van der Waals surface area contributed by atoms with E-state index in [2.05, 4.69) is 32.8 Å². The summed E-state index contributed by atoms with van der Waals surface area (Å²) in [5.74, 6) is 1.05. The number of halogens is 1. The van der Waals surface area contributed by atoms with Gasteiger partial charge in [0, 0.05) is 5.75 Å². The van der Waals surface area contributed by atoms with Crippen molar-refractivity contribution in [2.45, 2.75) is 5.75 Å². The van der Waals surface area contributed by atoms with Gasteiger partial charge >= 0.3 is 5.97 Å². The maximum absolute atomic E-state index is 12.4. The number of hydrogen-bond acceptors (Lipinski definition) is 6. The van der Waals surface area contributed by atoms with Crippen molar-refractivity contribution in [1.29, 1.82) is 0 Å². The van der Waals surface area contributed by atoms with Crippen molar-refractivity contribution < 1.29 is 14.3 Å². The maximum Gasteiger partial charge on any atom is 0.343 e. The van der Waals surface area contributed by atoms with Gasteiger partial charge in [0.1, 0.15) is 0 Å². The molecule has 0 unspecified atom stereocenters. The van der Waals surface area contributed by atoms with Crippen molar-refractivity contribution in [2.24, 2.45) is 15.9 Å². The number of nitrogens with two attached hydrogens (primary N) is 1. The van der Waals surface area contributed by atoms with Crippen molar-refractivity contribution >= 4 is 51.7 Å². The van der Waals surface area contributed by atoms with Gasteiger partial charge in [0.2, 0.25) is 0 Å². The van der Waals surface area contributed by atoms with Crippen molar-refractivity contribution in [3.8, 4) is 11.5 Å². The van der Waals surface area contributed by atoms with E-state index in [0.717, 1.165) is 16.9 Å². The van der Waals surface area contributed by atoms with Crippen molar-refractivity contribution in [3.63, 3.8) is 0 Å². The van der Waals surface area contributed by atoms with Crippen LogP contribution in [0.5, 0.6) is 11.5 Å². The highest BCUT2D eigenvalue weighted by Crippen LogP contribution is 2.34. The van der Waals surface area contributed by atoms with Gasteiger partial charge in [-0.05, 0) is 58.0 Å². The first-order chi connectivity index (χ1) is 15.1. The second-order valence-corrected chi connectivity index (χ2v) is 8.40. The summed E-state index contributed by atoms with van der Waals surface area (Å²) in [5.41, 5.74) is 8.29. The highest BCUT2D eigenvalue weighted by atomic mass is 127. The Hall–Kier alpha value is -2.85. The SMILES string of the molecule is COc1cc(C=NN=C(N)SCc2ccccc2)cc(I)c1OC(=O)c1ccccc1. The van der Waals surface area contributed by atoms with Gasteiger partial charge in [0.15, 0.2) is 16.7 Å². The van der Waals surface area contributed by atoms with Crippen LogP contribution in [0.15, 0.2) is 83.0 Å². The lowest BCUT2D eigenvalue weighted by Crippen LogP contribution is -2.10. The molecule has 0 aliphatic carbocycles. The van der Waals surface area contributed by atoms with Gasteiger partial charge in [-0.3, -0.25) is 0 Å². The number of carbonyl (C=O) groups excluding carboxylic acids is 1. The summed E-state index contributed by atoms with van der Waals surface area (Å²) in [4.78, 5) is 12.4. The molecule has 0 aliphatic heterocycles. The van der Waals surface area contributed by atoms with E-state index in [1.807, 2.05) is 42.5 Å². The van der Waals surface area contributed by atoms with E-state index in [9.17, 15) is 4.79 Å². The quantitative estimate of drug-likeness (QED) is 0.112.